The molecule has 0 aliphatic rings. The van der Waals surface area contributed by atoms with Gasteiger partial charge >= 0.3 is 5.97 Å². The van der Waals surface area contributed by atoms with Crippen LogP contribution in [0.1, 0.15) is 12.5 Å². The van der Waals surface area contributed by atoms with E-state index in [1.54, 1.807) is 13.2 Å². The molecule has 0 saturated heterocycles. The molecule has 0 bridgehead atoms. The summed E-state index contributed by atoms with van der Waals surface area (Å²) in [6.45, 7) is 3.30. The van der Waals surface area contributed by atoms with Crippen LogP contribution in [0.3, 0.4) is 0 Å². The number of methoxy groups -OCH3 is 1. The Bertz CT molecular complexity index is 637. The summed E-state index contributed by atoms with van der Waals surface area (Å²) in [6.07, 6.45) is 0. The number of benzene rings is 1. The molecule has 0 radical (unpaired) electrons. The van der Waals surface area contributed by atoms with Crippen molar-refractivity contribution in [3.63, 3.8) is 0 Å². The maximum atomic E-state index is 10.7. The van der Waals surface area contributed by atoms with Crippen LogP contribution in [0.4, 0.5) is 5.13 Å². The molecule has 3 N–H and O–H groups in total. The van der Waals surface area contributed by atoms with Crippen molar-refractivity contribution in [1.82, 2.24) is 10.2 Å². The first kappa shape index (κ1) is 16.1. The van der Waals surface area contributed by atoms with Crippen LogP contribution in [0, 0.1) is 10.9 Å². The molecule has 0 amide bonds. The molecule has 0 aliphatic carbocycles. The van der Waals surface area contributed by atoms with Crippen LogP contribution in [0.25, 0.3) is 0 Å². The first-order valence-electron chi connectivity index (χ1n) is 5.56. The van der Waals surface area contributed by atoms with Gasteiger partial charge in [-0.1, -0.05) is 17.4 Å². The number of aryl methyl sites for hydroxylation is 1. The van der Waals surface area contributed by atoms with Crippen molar-refractivity contribution in [2.75, 3.05) is 12.8 Å². The molecule has 6 nitrogen and oxygen atoms in total. The molecule has 0 aliphatic heterocycles. The monoisotopic (exact) mass is 313 g/mol. The number of carbonyl (C=O) groups excluding carboxylic acids is 1. The molecule has 108 valence electrons. The van der Waals surface area contributed by atoms with Crippen LogP contribution >= 0.6 is 23.6 Å². The van der Waals surface area contributed by atoms with Crippen LogP contribution in [0.15, 0.2) is 18.2 Å². The normalized spacial score (nSPS) is 9.35. The first-order valence-corrected chi connectivity index (χ1v) is 6.79. The molecular formula is C12H15N3O3S2. The Morgan fingerprint density at radius 1 is 1.45 bits per heavy atom. The Labute approximate surface area is 125 Å². The third-order valence-electron chi connectivity index (χ3n) is 2.03. The van der Waals surface area contributed by atoms with Gasteiger partial charge in [-0.3, -0.25) is 9.89 Å². The summed E-state index contributed by atoms with van der Waals surface area (Å²) in [4.78, 5) is 10.7. The highest BCUT2D eigenvalue weighted by Gasteiger charge is 2.05. The molecule has 0 spiro atoms. The second-order valence-corrected chi connectivity index (χ2v) is 5.40. The highest BCUT2D eigenvalue weighted by molar-refractivity contribution is 7.73. The first-order chi connectivity index (χ1) is 9.42. The zero-order valence-corrected chi connectivity index (χ0v) is 12.9. The van der Waals surface area contributed by atoms with Gasteiger partial charge in [-0.15, -0.1) is 5.10 Å². The molecule has 1 heterocycles. The fourth-order valence-corrected chi connectivity index (χ4v) is 1.93. The summed E-state index contributed by atoms with van der Waals surface area (Å²) in [5.41, 5.74) is 6.25. The summed E-state index contributed by atoms with van der Waals surface area (Å²) < 4.78 is 10.6. The van der Waals surface area contributed by atoms with E-state index in [9.17, 15) is 4.79 Å². The molecule has 0 saturated carbocycles. The van der Waals surface area contributed by atoms with Crippen LogP contribution in [-0.4, -0.2) is 23.3 Å². The third kappa shape index (κ3) is 5.37. The van der Waals surface area contributed by atoms with Crippen molar-refractivity contribution in [2.45, 2.75) is 13.8 Å². The number of nitrogens with one attached hydrogen (secondary N) is 1. The zero-order chi connectivity index (χ0) is 15.1. The Balaban J connectivity index is 0.000000240. The average Bonchev–Trinajstić information content (AvgIpc) is 2.75. The number of rotatable bonds is 2. The number of hydrogen-bond acceptors (Lipinski definition) is 7. The third-order valence-corrected chi connectivity index (χ3v) is 2.95. The van der Waals surface area contributed by atoms with Gasteiger partial charge in [-0.25, -0.2) is 0 Å². The van der Waals surface area contributed by atoms with Crippen molar-refractivity contribution in [3.8, 4) is 11.5 Å². The van der Waals surface area contributed by atoms with Crippen molar-refractivity contribution in [2.24, 2.45) is 0 Å². The van der Waals surface area contributed by atoms with E-state index in [4.69, 9.17) is 15.2 Å². The maximum Gasteiger partial charge on any atom is 0.308 e. The van der Waals surface area contributed by atoms with E-state index in [0.29, 0.717) is 20.6 Å². The fourth-order valence-electron chi connectivity index (χ4n) is 1.26. The fraction of sp³-hybridized carbons (Fsp3) is 0.250. The average molecular weight is 313 g/mol. The van der Waals surface area contributed by atoms with Crippen LogP contribution in [-0.2, 0) is 4.79 Å². The van der Waals surface area contributed by atoms with Crippen LogP contribution < -0.4 is 15.2 Å². The second kappa shape index (κ2) is 7.61. The van der Waals surface area contributed by atoms with Gasteiger partial charge in [0.2, 0.25) is 5.13 Å². The van der Waals surface area contributed by atoms with Crippen LogP contribution in [0.5, 0.6) is 11.5 Å². The molecule has 8 heteroatoms. The van der Waals surface area contributed by atoms with E-state index in [1.807, 2.05) is 19.1 Å². The van der Waals surface area contributed by atoms with E-state index in [-0.39, 0.29) is 5.97 Å². The summed E-state index contributed by atoms with van der Waals surface area (Å²) in [5.74, 6) is 0.693. The molecule has 1 aromatic heterocycles. The van der Waals surface area contributed by atoms with Gasteiger partial charge in [0, 0.05) is 6.92 Å². The van der Waals surface area contributed by atoms with Gasteiger partial charge in [-0.2, -0.15) is 0 Å². The SMILES string of the molecule is COc1cc(C)ccc1OC(C)=O.Nc1n[nH]c(=S)s1. The van der Waals surface area contributed by atoms with Gasteiger partial charge in [0.15, 0.2) is 15.5 Å². The predicted octanol–water partition coefficient (Wildman–Crippen LogP) is 2.71. The number of nitrogens with zero attached hydrogens (tertiary/aromatic N) is 1. The number of anilines is 1. The Kier molecular flexibility index (Phi) is 6.13. The van der Waals surface area contributed by atoms with Gasteiger partial charge in [0.1, 0.15) is 0 Å². The Morgan fingerprint density at radius 2 is 2.15 bits per heavy atom. The van der Waals surface area contributed by atoms with Gasteiger partial charge < -0.3 is 15.2 Å². The summed E-state index contributed by atoms with van der Waals surface area (Å²) >= 11 is 5.92. The minimum Gasteiger partial charge on any atom is -0.493 e. The lowest BCUT2D eigenvalue weighted by Crippen LogP contribution is -2.02. The smallest absolute Gasteiger partial charge is 0.308 e. The summed E-state index contributed by atoms with van der Waals surface area (Å²) in [5, 5.41) is 6.60. The van der Waals surface area contributed by atoms with Crippen molar-refractivity contribution < 1.29 is 14.3 Å². The number of hydrogen-bond donors (Lipinski definition) is 2. The molecule has 2 aromatic rings. The zero-order valence-electron chi connectivity index (χ0n) is 11.3. The molecule has 2 rings (SSSR count). The van der Waals surface area contributed by atoms with E-state index >= 15 is 0 Å². The lowest BCUT2D eigenvalue weighted by atomic mass is 10.2. The molecular weight excluding hydrogens is 298 g/mol. The number of carbonyl (C=O) groups is 1. The molecule has 0 fully saturated rings. The summed E-state index contributed by atoms with van der Waals surface area (Å²) in [6, 6.07) is 5.40. The largest absolute Gasteiger partial charge is 0.493 e. The quantitative estimate of drug-likeness (QED) is 0.503. The number of esters is 1. The van der Waals surface area contributed by atoms with Crippen molar-refractivity contribution in [3.05, 3.63) is 27.7 Å². The number of aromatic nitrogens is 2. The van der Waals surface area contributed by atoms with Gasteiger partial charge in [-0.05, 0) is 36.8 Å². The predicted molar refractivity (Wildman–Crippen MR) is 80.8 cm³/mol. The minimum absolute atomic E-state index is 0.345. The Hall–Kier alpha value is -1.93. The number of nitrogens with two attached hydrogens (primary N) is 1. The van der Waals surface area contributed by atoms with E-state index < -0.39 is 0 Å². The summed E-state index contributed by atoms with van der Waals surface area (Å²) in [7, 11) is 1.54. The number of ether oxygens (including phenoxy) is 2. The van der Waals surface area contributed by atoms with Gasteiger partial charge in [0.25, 0.3) is 0 Å². The van der Waals surface area contributed by atoms with Gasteiger partial charge in [0.05, 0.1) is 7.11 Å². The number of aromatic amines is 1. The highest BCUT2D eigenvalue weighted by atomic mass is 32.1. The highest BCUT2D eigenvalue weighted by Crippen LogP contribution is 2.27. The molecule has 20 heavy (non-hydrogen) atoms. The maximum absolute atomic E-state index is 10.7. The number of H-pyrrole nitrogens is 1. The van der Waals surface area contributed by atoms with E-state index in [1.165, 1.54) is 18.3 Å². The Morgan fingerprint density at radius 3 is 2.55 bits per heavy atom. The number of nitrogen functional groups attached to an aromatic ring is 1. The minimum atomic E-state index is -0.345. The molecule has 0 unspecified atom stereocenters. The molecule has 1 aromatic carbocycles. The second-order valence-electron chi connectivity index (χ2n) is 3.70. The topological polar surface area (TPSA) is 90.2 Å². The standard InChI is InChI=1S/C10H12O3.C2H3N3S2/c1-7-4-5-9(13-8(2)11)10(6-7)12-3;3-1-4-5-2(6)7-1/h4-6H,1-3H3;(H2,3,4)(H,5,6). The van der Waals surface area contributed by atoms with E-state index in [0.717, 1.165) is 5.56 Å². The van der Waals surface area contributed by atoms with E-state index in [2.05, 4.69) is 22.4 Å². The van der Waals surface area contributed by atoms with Crippen molar-refractivity contribution in [1.29, 1.82) is 0 Å². The van der Waals surface area contributed by atoms with Crippen LogP contribution in [0.2, 0.25) is 0 Å². The van der Waals surface area contributed by atoms with Crippen molar-refractivity contribution >= 4 is 34.7 Å². The molecule has 0 atom stereocenters. The lowest BCUT2D eigenvalue weighted by Gasteiger charge is -2.07. The lowest BCUT2D eigenvalue weighted by molar-refractivity contribution is -0.132.